The quantitative estimate of drug-likeness (QED) is 0.441. The highest BCUT2D eigenvalue weighted by molar-refractivity contribution is 5.93. The summed E-state index contributed by atoms with van der Waals surface area (Å²) in [4.78, 5) is 12.9. The third-order valence-electron chi connectivity index (χ3n) is 4.68. The first-order valence-corrected chi connectivity index (χ1v) is 9.16. The molecule has 140 valence electrons. The molecule has 0 atom stereocenters. The topological polar surface area (TPSA) is 86.0 Å². The van der Waals surface area contributed by atoms with Crippen LogP contribution in [0.2, 0.25) is 0 Å². The summed E-state index contributed by atoms with van der Waals surface area (Å²) in [7, 11) is 0. The zero-order valence-electron chi connectivity index (χ0n) is 15.4. The molecule has 0 aliphatic heterocycles. The number of nitrogens with one attached hydrogen (secondary N) is 1. The van der Waals surface area contributed by atoms with Gasteiger partial charge in [-0.25, -0.2) is 4.98 Å². The molecule has 0 saturated carbocycles. The van der Waals surface area contributed by atoms with E-state index in [1.54, 1.807) is 6.20 Å². The second kappa shape index (κ2) is 7.09. The molecule has 0 saturated heterocycles. The molecule has 5 aromatic rings. The first-order chi connectivity index (χ1) is 14.3. The van der Waals surface area contributed by atoms with Gasteiger partial charge in [-0.15, -0.1) is 0 Å². The predicted octanol–water partition coefficient (Wildman–Crippen LogP) is 5.30. The van der Waals surface area contributed by atoms with Gasteiger partial charge in [0.15, 0.2) is 5.82 Å². The smallest absolute Gasteiger partial charge is 0.248 e. The number of fused-ring (bicyclic) bond motifs is 2. The summed E-state index contributed by atoms with van der Waals surface area (Å²) in [5.41, 5.74) is 8.39. The van der Waals surface area contributed by atoms with E-state index >= 15 is 0 Å². The van der Waals surface area contributed by atoms with Gasteiger partial charge in [-0.2, -0.15) is 4.98 Å². The van der Waals surface area contributed by atoms with Crippen LogP contribution in [0, 0.1) is 0 Å². The fraction of sp³-hybridized carbons (Fsp3) is 0. The molecular weight excluding hydrogens is 362 g/mol. The number of rotatable bonds is 4. The lowest BCUT2D eigenvalue weighted by atomic mass is 10.1. The van der Waals surface area contributed by atoms with Gasteiger partial charge in [0.2, 0.25) is 5.88 Å². The van der Waals surface area contributed by atoms with E-state index in [0.29, 0.717) is 23.1 Å². The van der Waals surface area contributed by atoms with Crippen LogP contribution in [0.3, 0.4) is 0 Å². The standard InChI is InChI=1S/C23H17N5O/c24-21-22(28-20-9-3-8-19-18(20)7-4-12-25-19)26-14-27-23(21)29-17-11-10-15-5-1-2-6-16(15)13-17/h1-14H,24H2,(H,26,27,28). The van der Waals surface area contributed by atoms with Gasteiger partial charge < -0.3 is 15.8 Å². The first-order valence-electron chi connectivity index (χ1n) is 9.16. The summed E-state index contributed by atoms with van der Waals surface area (Å²) in [6, 6.07) is 23.7. The van der Waals surface area contributed by atoms with E-state index in [2.05, 4.69) is 26.3 Å². The van der Waals surface area contributed by atoms with Crippen LogP contribution in [0.5, 0.6) is 11.6 Å². The number of aromatic nitrogens is 3. The van der Waals surface area contributed by atoms with Crippen molar-refractivity contribution in [1.29, 1.82) is 0 Å². The minimum absolute atomic E-state index is 0.302. The van der Waals surface area contributed by atoms with Crippen molar-refractivity contribution in [2.45, 2.75) is 0 Å². The third kappa shape index (κ3) is 3.27. The number of anilines is 3. The van der Waals surface area contributed by atoms with Crippen molar-refractivity contribution in [2.75, 3.05) is 11.1 Å². The van der Waals surface area contributed by atoms with Crippen LogP contribution in [-0.4, -0.2) is 15.0 Å². The van der Waals surface area contributed by atoms with Gasteiger partial charge >= 0.3 is 0 Å². The Hall–Kier alpha value is -4.19. The number of hydrogen-bond donors (Lipinski definition) is 2. The average molecular weight is 379 g/mol. The van der Waals surface area contributed by atoms with Crippen LogP contribution in [0.25, 0.3) is 21.7 Å². The van der Waals surface area contributed by atoms with Crippen LogP contribution in [0.1, 0.15) is 0 Å². The second-order valence-corrected chi connectivity index (χ2v) is 6.55. The lowest BCUT2D eigenvalue weighted by Gasteiger charge is -2.13. The van der Waals surface area contributed by atoms with E-state index in [-0.39, 0.29) is 0 Å². The highest BCUT2D eigenvalue weighted by atomic mass is 16.5. The SMILES string of the molecule is Nc1c(Nc2cccc3ncccc23)ncnc1Oc1ccc2ccccc2c1. The zero-order chi connectivity index (χ0) is 19.6. The van der Waals surface area contributed by atoms with Crippen molar-refractivity contribution in [1.82, 2.24) is 15.0 Å². The van der Waals surface area contributed by atoms with Crippen LogP contribution >= 0.6 is 0 Å². The Labute approximate surface area is 167 Å². The van der Waals surface area contributed by atoms with Crippen LogP contribution in [0.4, 0.5) is 17.2 Å². The lowest BCUT2D eigenvalue weighted by molar-refractivity contribution is 0.465. The molecule has 0 aliphatic carbocycles. The van der Waals surface area contributed by atoms with Crippen molar-refractivity contribution in [3.63, 3.8) is 0 Å². The summed E-state index contributed by atoms with van der Waals surface area (Å²) >= 11 is 0. The molecule has 2 aromatic heterocycles. The van der Waals surface area contributed by atoms with Gasteiger partial charge in [-0.1, -0.05) is 36.4 Å². The Balaban J connectivity index is 1.47. The van der Waals surface area contributed by atoms with E-state index in [1.807, 2.05) is 66.7 Å². The Bertz CT molecular complexity index is 1330. The molecule has 6 heteroatoms. The van der Waals surface area contributed by atoms with Crippen LogP contribution in [0.15, 0.2) is 85.3 Å². The molecule has 3 aromatic carbocycles. The number of nitrogens with zero attached hydrogens (tertiary/aromatic N) is 3. The average Bonchev–Trinajstić information content (AvgIpc) is 2.77. The lowest BCUT2D eigenvalue weighted by Crippen LogP contribution is -2.03. The van der Waals surface area contributed by atoms with Gasteiger partial charge in [0.25, 0.3) is 0 Å². The van der Waals surface area contributed by atoms with E-state index in [4.69, 9.17) is 10.5 Å². The van der Waals surface area contributed by atoms with Crippen LogP contribution in [-0.2, 0) is 0 Å². The molecular formula is C23H17N5O. The van der Waals surface area contributed by atoms with Gasteiger partial charge in [0.1, 0.15) is 17.8 Å². The molecule has 0 fully saturated rings. The number of benzene rings is 3. The maximum absolute atomic E-state index is 6.31. The second-order valence-electron chi connectivity index (χ2n) is 6.55. The third-order valence-corrected chi connectivity index (χ3v) is 4.68. The fourth-order valence-electron chi connectivity index (χ4n) is 3.24. The summed E-state index contributed by atoms with van der Waals surface area (Å²) in [5, 5.41) is 6.48. The Kier molecular flexibility index (Phi) is 4.14. The largest absolute Gasteiger partial charge is 0.437 e. The molecule has 29 heavy (non-hydrogen) atoms. The van der Waals surface area contributed by atoms with E-state index in [0.717, 1.165) is 27.4 Å². The van der Waals surface area contributed by atoms with E-state index in [1.165, 1.54) is 6.33 Å². The monoisotopic (exact) mass is 379 g/mol. The predicted molar refractivity (Wildman–Crippen MR) is 115 cm³/mol. The molecule has 6 nitrogen and oxygen atoms in total. The minimum atomic E-state index is 0.302. The summed E-state index contributed by atoms with van der Waals surface area (Å²) in [6.45, 7) is 0. The van der Waals surface area contributed by atoms with Crippen molar-refractivity contribution in [3.05, 3.63) is 85.3 Å². The zero-order valence-corrected chi connectivity index (χ0v) is 15.4. The van der Waals surface area contributed by atoms with Crippen molar-refractivity contribution < 1.29 is 4.74 Å². The fourth-order valence-corrected chi connectivity index (χ4v) is 3.24. The number of ether oxygens (including phenoxy) is 1. The van der Waals surface area contributed by atoms with Crippen LogP contribution < -0.4 is 15.8 Å². The van der Waals surface area contributed by atoms with Gasteiger partial charge in [0, 0.05) is 17.3 Å². The Morgan fingerprint density at radius 1 is 0.793 bits per heavy atom. The number of nitrogens with two attached hydrogens (primary N) is 1. The summed E-state index contributed by atoms with van der Waals surface area (Å²) in [6.07, 6.45) is 3.19. The molecule has 0 spiro atoms. The first kappa shape index (κ1) is 16.9. The number of hydrogen-bond acceptors (Lipinski definition) is 6. The van der Waals surface area contributed by atoms with Gasteiger partial charge in [-0.3, -0.25) is 4.98 Å². The molecule has 2 heterocycles. The molecule has 5 rings (SSSR count). The van der Waals surface area contributed by atoms with Gasteiger partial charge in [0.05, 0.1) is 5.52 Å². The summed E-state index contributed by atoms with van der Waals surface area (Å²) in [5.74, 6) is 1.44. The molecule has 0 aliphatic rings. The minimum Gasteiger partial charge on any atom is -0.437 e. The maximum atomic E-state index is 6.31. The van der Waals surface area contributed by atoms with Gasteiger partial charge in [-0.05, 0) is 47.2 Å². The van der Waals surface area contributed by atoms with Crippen molar-refractivity contribution in [3.8, 4) is 11.6 Å². The van der Waals surface area contributed by atoms with Crippen molar-refractivity contribution in [2.24, 2.45) is 0 Å². The van der Waals surface area contributed by atoms with E-state index in [9.17, 15) is 0 Å². The number of nitrogen functional groups attached to an aromatic ring is 1. The maximum Gasteiger partial charge on any atom is 0.248 e. The Morgan fingerprint density at radius 3 is 2.62 bits per heavy atom. The molecule has 0 amide bonds. The summed E-state index contributed by atoms with van der Waals surface area (Å²) < 4.78 is 5.95. The van der Waals surface area contributed by atoms with E-state index < -0.39 is 0 Å². The Morgan fingerprint density at radius 2 is 1.69 bits per heavy atom. The highest BCUT2D eigenvalue weighted by Gasteiger charge is 2.12. The highest BCUT2D eigenvalue weighted by Crippen LogP contribution is 2.33. The molecule has 3 N–H and O–H groups in total. The number of pyridine rings is 1. The molecule has 0 radical (unpaired) electrons. The normalized spacial score (nSPS) is 10.9. The molecule has 0 unspecified atom stereocenters. The molecule has 0 bridgehead atoms. The van der Waals surface area contributed by atoms with Crippen molar-refractivity contribution >= 4 is 38.9 Å².